The molecular weight excluding hydrogens is 512 g/mol. The third kappa shape index (κ3) is 6.98. The Kier molecular flexibility index (Phi) is 8.44. The molecule has 0 bridgehead atoms. The lowest BCUT2D eigenvalue weighted by Gasteiger charge is -2.28. The van der Waals surface area contributed by atoms with Gasteiger partial charge in [0.25, 0.3) is 0 Å². The summed E-state index contributed by atoms with van der Waals surface area (Å²) in [5.41, 5.74) is 18.3. The lowest BCUT2D eigenvalue weighted by atomic mass is 10.0. The van der Waals surface area contributed by atoms with Crippen molar-refractivity contribution in [2.75, 3.05) is 0 Å². The molecule has 0 fully saturated rings. The maximum Gasteiger partial charge on any atom is 0.120 e. The number of benzene rings is 5. The van der Waals surface area contributed by atoms with Crippen LogP contribution in [-0.2, 0) is 19.4 Å². The van der Waals surface area contributed by atoms with Crippen molar-refractivity contribution in [2.45, 2.75) is 25.6 Å². The minimum absolute atomic E-state index is 0.0504. The smallest absolute Gasteiger partial charge is 0.120 e. The summed E-state index contributed by atoms with van der Waals surface area (Å²) in [6.07, 6.45) is 3.79. The van der Waals surface area contributed by atoms with E-state index in [-0.39, 0.29) is 6.17 Å². The van der Waals surface area contributed by atoms with Gasteiger partial charge in [0.05, 0.1) is 5.70 Å². The van der Waals surface area contributed by atoms with Gasteiger partial charge in [-0.25, -0.2) is 5.43 Å². The SMILES string of the molecule is C=C(NCc1ccc(Cc2ccccc2)cc1)c1cccc(C2=CNNC(c3ccc(Cc4ccccc4)cc3)N2)c1. The van der Waals surface area contributed by atoms with E-state index in [1.807, 2.05) is 6.20 Å². The molecule has 0 aliphatic carbocycles. The molecule has 1 aliphatic heterocycles. The summed E-state index contributed by atoms with van der Waals surface area (Å²) in [6.45, 7) is 5.05. The van der Waals surface area contributed by atoms with Gasteiger partial charge in [0.2, 0.25) is 0 Å². The van der Waals surface area contributed by atoms with Gasteiger partial charge >= 0.3 is 0 Å². The van der Waals surface area contributed by atoms with E-state index in [0.29, 0.717) is 0 Å². The first-order valence-electron chi connectivity index (χ1n) is 14.5. The molecule has 0 saturated carbocycles. The van der Waals surface area contributed by atoms with Crippen LogP contribution in [0.5, 0.6) is 0 Å². The summed E-state index contributed by atoms with van der Waals surface area (Å²) in [5, 5.41) is 7.15. The molecular formula is C38H36N4. The average molecular weight is 549 g/mol. The van der Waals surface area contributed by atoms with Crippen molar-refractivity contribution < 1.29 is 0 Å². The lowest BCUT2D eigenvalue weighted by Crippen LogP contribution is -2.44. The first-order valence-corrected chi connectivity index (χ1v) is 14.5. The zero-order valence-electron chi connectivity index (χ0n) is 23.7. The van der Waals surface area contributed by atoms with Gasteiger partial charge in [-0.05, 0) is 63.4 Å². The number of nitrogens with one attached hydrogen (secondary N) is 4. The molecule has 42 heavy (non-hydrogen) atoms. The number of hydrazine groups is 1. The van der Waals surface area contributed by atoms with E-state index >= 15 is 0 Å². The van der Waals surface area contributed by atoms with Crippen LogP contribution in [0.1, 0.15) is 50.7 Å². The van der Waals surface area contributed by atoms with Crippen LogP contribution in [-0.4, -0.2) is 0 Å². The van der Waals surface area contributed by atoms with Crippen molar-refractivity contribution in [3.63, 3.8) is 0 Å². The Labute approximate surface area is 248 Å². The highest BCUT2D eigenvalue weighted by Crippen LogP contribution is 2.23. The van der Waals surface area contributed by atoms with Crippen LogP contribution in [0.2, 0.25) is 0 Å². The first kappa shape index (κ1) is 27.1. The Morgan fingerprint density at radius 1 is 0.619 bits per heavy atom. The quantitative estimate of drug-likeness (QED) is 0.148. The van der Waals surface area contributed by atoms with Crippen molar-refractivity contribution in [1.82, 2.24) is 21.5 Å². The Balaban J connectivity index is 1.05. The van der Waals surface area contributed by atoms with Crippen LogP contribution in [0.3, 0.4) is 0 Å². The fourth-order valence-electron chi connectivity index (χ4n) is 5.22. The Morgan fingerprint density at radius 2 is 1.19 bits per heavy atom. The molecule has 5 aromatic rings. The molecule has 1 atom stereocenters. The number of hydrogen-bond acceptors (Lipinski definition) is 4. The van der Waals surface area contributed by atoms with E-state index in [1.165, 1.54) is 33.4 Å². The van der Waals surface area contributed by atoms with Gasteiger partial charge in [0.15, 0.2) is 0 Å². The topological polar surface area (TPSA) is 48.1 Å². The van der Waals surface area contributed by atoms with E-state index in [4.69, 9.17) is 0 Å². The van der Waals surface area contributed by atoms with Gasteiger partial charge in [-0.1, -0.05) is 134 Å². The van der Waals surface area contributed by atoms with Crippen LogP contribution in [0.4, 0.5) is 0 Å². The highest BCUT2D eigenvalue weighted by atomic mass is 15.4. The van der Waals surface area contributed by atoms with Gasteiger partial charge in [-0.3, -0.25) is 0 Å². The lowest BCUT2D eigenvalue weighted by molar-refractivity contribution is 0.439. The van der Waals surface area contributed by atoms with Gasteiger partial charge < -0.3 is 16.1 Å². The Morgan fingerprint density at radius 3 is 1.83 bits per heavy atom. The van der Waals surface area contributed by atoms with Crippen molar-refractivity contribution in [1.29, 1.82) is 0 Å². The molecule has 208 valence electrons. The molecule has 0 radical (unpaired) electrons. The van der Waals surface area contributed by atoms with Crippen LogP contribution in [0, 0.1) is 0 Å². The molecule has 1 unspecified atom stereocenters. The van der Waals surface area contributed by atoms with Crippen molar-refractivity contribution in [3.8, 4) is 0 Å². The molecule has 5 aromatic carbocycles. The van der Waals surface area contributed by atoms with E-state index < -0.39 is 0 Å². The van der Waals surface area contributed by atoms with Gasteiger partial charge in [0.1, 0.15) is 6.17 Å². The molecule has 4 nitrogen and oxygen atoms in total. The standard InChI is InChI=1S/C38H36N4/c1-28(39-26-33-17-15-31(16-18-33)23-29-9-4-2-5-10-29)35-13-8-14-36(25-35)37-27-40-42-38(41-37)34-21-19-32(20-22-34)24-30-11-6-3-7-12-30/h2-22,25,27,38-42H,1,23-24,26H2. The number of rotatable bonds is 10. The molecule has 6 rings (SSSR count). The van der Waals surface area contributed by atoms with Crippen LogP contribution < -0.4 is 21.5 Å². The summed E-state index contributed by atoms with van der Waals surface area (Å²) in [7, 11) is 0. The second-order valence-corrected chi connectivity index (χ2v) is 10.7. The second kappa shape index (κ2) is 13.1. The summed E-state index contributed by atoms with van der Waals surface area (Å²) < 4.78 is 0. The van der Waals surface area contributed by atoms with Gasteiger partial charge in [0, 0.05) is 18.4 Å². The zero-order valence-corrected chi connectivity index (χ0v) is 23.7. The Bertz CT molecular complexity index is 1640. The molecule has 1 heterocycles. The van der Waals surface area contributed by atoms with Crippen molar-refractivity contribution in [3.05, 3.63) is 191 Å². The fraction of sp³-hybridized carbons (Fsp3) is 0.105. The average Bonchev–Trinajstić information content (AvgIpc) is 3.06. The van der Waals surface area contributed by atoms with E-state index in [9.17, 15) is 0 Å². The van der Waals surface area contributed by atoms with Gasteiger partial charge in [-0.2, -0.15) is 0 Å². The zero-order chi connectivity index (χ0) is 28.6. The summed E-state index contributed by atoms with van der Waals surface area (Å²) in [4.78, 5) is 0. The minimum Gasteiger partial charge on any atom is -0.381 e. The van der Waals surface area contributed by atoms with Crippen molar-refractivity contribution >= 4 is 11.4 Å². The number of hydrogen-bond donors (Lipinski definition) is 4. The highest BCUT2D eigenvalue weighted by molar-refractivity contribution is 5.70. The largest absolute Gasteiger partial charge is 0.381 e. The molecule has 0 saturated heterocycles. The van der Waals surface area contributed by atoms with Crippen LogP contribution in [0.25, 0.3) is 11.4 Å². The minimum atomic E-state index is -0.0504. The molecule has 0 spiro atoms. The van der Waals surface area contributed by atoms with E-state index in [0.717, 1.165) is 41.9 Å². The fourth-order valence-corrected chi connectivity index (χ4v) is 5.22. The van der Waals surface area contributed by atoms with E-state index in [2.05, 4.69) is 162 Å². The second-order valence-electron chi connectivity index (χ2n) is 10.7. The summed E-state index contributed by atoms with van der Waals surface area (Å²) in [5.74, 6) is 0. The van der Waals surface area contributed by atoms with E-state index in [1.54, 1.807) is 0 Å². The summed E-state index contributed by atoms with van der Waals surface area (Å²) in [6, 6.07) is 47.2. The molecule has 4 heteroatoms. The highest BCUT2D eigenvalue weighted by Gasteiger charge is 2.17. The third-order valence-electron chi connectivity index (χ3n) is 7.61. The molecule has 1 aliphatic rings. The van der Waals surface area contributed by atoms with Crippen LogP contribution in [0.15, 0.2) is 146 Å². The maximum absolute atomic E-state index is 4.32. The monoisotopic (exact) mass is 548 g/mol. The Hall–Kier alpha value is -5.06. The predicted molar refractivity (Wildman–Crippen MR) is 174 cm³/mol. The first-order chi connectivity index (χ1) is 20.7. The summed E-state index contributed by atoms with van der Waals surface area (Å²) >= 11 is 0. The molecule has 0 amide bonds. The maximum atomic E-state index is 4.32. The normalized spacial score (nSPS) is 14.3. The molecule has 0 aromatic heterocycles. The molecule has 4 N–H and O–H groups in total. The van der Waals surface area contributed by atoms with Crippen LogP contribution >= 0.6 is 0 Å². The third-order valence-corrected chi connectivity index (χ3v) is 7.61. The van der Waals surface area contributed by atoms with Gasteiger partial charge in [-0.15, -0.1) is 0 Å². The predicted octanol–water partition coefficient (Wildman–Crippen LogP) is 7.32. The van der Waals surface area contributed by atoms with Crippen molar-refractivity contribution in [2.24, 2.45) is 0 Å².